The maximum absolute atomic E-state index is 11.4. The summed E-state index contributed by atoms with van der Waals surface area (Å²) < 4.78 is 1.33. The number of nitro benzene ring substituents is 1. The highest BCUT2D eigenvalue weighted by Gasteiger charge is 2.20. The lowest BCUT2D eigenvalue weighted by molar-refractivity contribution is -0.384. The molecule has 1 aromatic carbocycles. The van der Waals surface area contributed by atoms with Crippen LogP contribution in [0.3, 0.4) is 0 Å². The van der Waals surface area contributed by atoms with E-state index in [1.165, 1.54) is 22.7 Å². The van der Waals surface area contributed by atoms with Crippen LogP contribution in [0.2, 0.25) is 0 Å². The average Bonchev–Trinajstić information content (AvgIpc) is 3.24. The van der Waals surface area contributed by atoms with E-state index in [1.807, 2.05) is 19.9 Å². The van der Waals surface area contributed by atoms with E-state index in [0.717, 1.165) is 11.8 Å². The van der Waals surface area contributed by atoms with E-state index in [1.54, 1.807) is 30.6 Å². The van der Waals surface area contributed by atoms with E-state index in [4.69, 9.17) is 0 Å². The number of fused-ring (bicyclic) bond motifs is 1. The summed E-state index contributed by atoms with van der Waals surface area (Å²) >= 11 is 0. The second-order valence-corrected chi connectivity index (χ2v) is 6.07. The predicted octanol–water partition coefficient (Wildman–Crippen LogP) is 4.25. The highest BCUT2D eigenvalue weighted by molar-refractivity contribution is 5.72. The Kier molecular flexibility index (Phi) is 6.45. The Labute approximate surface area is 176 Å². The standard InChI is InChI=1S/C18H13N7O4.C2H6/c26-24(27)14-5-1-4-13(7-14)15-8-17(20-10-12-3-2-6-19-9-12)23-18(22-15)16(11-21-23)25(28)29;1-2/h1-9,11,20H,10H2;1-2H3. The van der Waals surface area contributed by atoms with E-state index in [2.05, 4.69) is 20.4 Å². The van der Waals surface area contributed by atoms with Crippen molar-refractivity contribution in [3.63, 3.8) is 0 Å². The number of nitro groups is 2. The molecule has 4 aromatic rings. The summed E-state index contributed by atoms with van der Waals surface area (Å²) in [7, 11) is 0. The van der Waals surface area contributed by atoms with Gasteiger partial charge in [-0.3, -0.25) is 25.2 Å². The fraction of sp³-hybridized carbons (Fsp3) is 0.150. The van der Waals surface area contributed by atoms with Crippen molar-refractivity contribution in [1.29, 1.82) is 0 Å². The van der Waals surface area contributed by atoms with Gasteiger partial charge in [0.1, 0.15) is 12.0 Å². The van der Waals surface area contributed by atoms with Crippen molar-refractivity contribution in [3.8, 4) is 11.3 Å². The average molecular weight is 421 g/mol. The normalized spacial score (nSPS) is 10.3. The molecular formula is C20H19N7O4. The molecule has 4 rings (SSSR count). The number of hydrogen-bond acceptors (Lipinski definition) is 8. The topological polar surface area (TPSA) is 141 Å². The Morgan fingerprint density at radius 3 is 2.52 bits per heavy atom. The summed E-state index contributed by atoms with van der Waals surface area (Å²) in [4.78, 5) is 29.7. The van der Waals surface area contributed by atoms with E-state index < -0.39 is 9.85 Å². The van der Waals surface area contributed by atoms with Crippen LogP contribution in [0, 0.1) is 20.2 Å². The Bertz CT molecular complexity index is 1220. The molecule has 1 N–H and O–H groups in total. The van der Waals surface area contributed by atoms with Crippen LogP contribution in [0.1, 0.15) is 19.4 Å². The Hall–Kier alpha value is -4.41. The molecule has 0 unspecified atom stereocenters. The van der Waals surface area contributed by atoms with Crippen molar-refractivity contribution in [2.24, 2.45) is 0 Å². The summed E-state index contributed by atoms with van der Waals surface area (Å²) in [6.07, 6.45) is 4.47. The Morgan fingerprint density at radius 2 is 1.84 bits per heavy atom. The van der Waals surface area contributed by atoms with Gasteiger partial charge < -0.3 is 5.32 Å². The monoisotopic (exact) mass is 421 g/mol. The molecule has 0 saturated heterocycles. The molecule has 0 saturated carbocycles. The van der Waals surface area contributed by atoms with E-state index in [0.29, 0.717) is 23.6 Å². The van der Waals surface area contributed by atoms with Crippen molar-refractivity contribution in [2.45, 2.75) is 20.4 Å². The molecule has 11 heteroatoms. The maximum Gasteiger partial charge on any atom is 0.333 e. The summed E-state index contributed by atoms with van der Waals surface area (Å²) in [6, 6.07) is 11.2. The first-order valence-corrected chi connectivity index (χ1v) is 9.44. The maximum atomic E-state index is 11.4. The van der Waals surface area contributed by atoms with E-state index in [-0.39, 0.29) is 17.0 Å². The van der Waals surface area contributed by atoms with Crippen LogP contribution in [-0.2, 0) is 6.54 Å². The molecule has 0 aliphatic rings. The quantitative estimate of drug-likeness (QED) is 0.360. The predicted molar refractivity (Wildman–Crippen MR) is 115 cm³/mol. The fourth-order valence-corrected chi connectivity index (χ4v) is 2.83. The minimum Gasteiger partial charge on any atom is -0.366 e. The summed E-state index contributed by atoms with van der Waals surface area (Å²) in [5, 5.41) is 29.7. The zero-order chi connectivity index (χ0) is 22.4. The summed E-state index contributed by atoms with van der Waals surface area (Å²) in [5.74, 6) is 0.452. The van der Waals surface area contributed by atoms with Gasteiger partial charge in [-0.25, -0.2) is 4.98 Å². The summed E-state index contributed by atoms with van der Waals surface area (Å²) in [6.45, 7) is 4.40. The first-order valence-electron chi connectivity index (χ1n) is 9.44. The van der Waals surface area contributed by atoms with Crippen molar-refractivity contribution in [3.05, 3.63) is 86.8 Å². The lowest BCUT2D eigenvalue weighted by Crippen LogP contribution is -2.07. The molecule has 0 aliphatic heterocycles. The Morgan fingerprint density at radius 1 is 1.03 bits per heavy atom. The number of rotatable bonds is 6. The van der Waals surface area contributed by atoms with Gasteiger partial charge in [-0.15, -0.1) is 0 Å². The molecule has 0 aliphatic carbocycles. The van der Waals surface area contributed by atoms with E-state index in [9.17, 15) is 20.2 Å². The molecule has 11 nitrogen and oxygen atoms in total. The van der Waals surface area contributed by atoms with Crippen molar-refractivity contribution < 1.29 is 9.85 Å². The molecule has 0 amide bonds. The second kappa shape index (κ2) is 9.39. The van der Waals surface area contributed by atoms with Gasteiger partial charge in [-0.1, -0.05) is 32.0 Å². The lowest BCUT2D eigenvalue weighted by atomic mass is 10.1. The fourth-order valence-electron chi connectivity index (χ4n) is 2.83. The molecule has 0 radical (unpaired) electrons. The Balaban J connectivity index is 0.00000132. The molecule has 0 fully saturated rings. The molecule has 3 heterocycles. The third kappa shape index (κ3) is 4.61. The summed E-state index contributed by atoms with van der Waals surface area (Å²) in [5.41, 5.74) is 1.38. The number of nitrogens with one attached hydrogen (secondary N) is 1. The number of anilines is 1. The number of benzene rings is 1. The lowest BCUT2D eigenvalue weighted by Gasteiger charge is -2.10. The minimum atomic E-state index is -0.572. The SMILES string of the molecule is CC.O=[N+]([O-])c1cccc(-c2cc(NCc3cccnc3)n3ncc([N+](=O)[O-])c3n2)c1. The highest BCUT2D eigenvalue weighted by atomic mass is 16.6. The largest absolute Gasteiger partial charge is 0.366 e. The van der Waals surface area contributed by atoms with E-state index >= 15 is 0 Å². The number of nitrogens with zero attached hydrogens (tertiary/aromatic N) is 6. The van der Waals surface area contributed by atoms with Crippen LogP contribution >= 0.6 is 0 Å². The van der Waals surface area contributed by atoms with Crippen LogP contribution < -0.4 is 5.32 Å². The van der Waals surface area contributed by atoms with Gasteiger partial charge in [0.05, 0.1) is 15.5 Å². The minimum absolute atomic E-state index is 0.0349. The third-order valence-corrected chi connectivity index (χ3v) is 4.20. The van der Waals surface area contributed by atoms with Gasteiger partial charge in [-0.2, -0.15) is 9.61 Å². The van der Waals surface area contributed by atoms with Gasteiger partial charge in [0.25, 0.3) is 5.69 Å². The first kappa shape index (κ1) is 21.3. The zero-order valence-electron chi connectivity index (χ0n) is 16.8. The van der Waals surface area contributed by atoms with Gasteiger partial charge >= 0.3 is 5.69 Å². The van der Waals surface area contributed by atoms with Crippen LogP contribution in [-0.4, -0.2) is 29.4 Å². The number of aromatic nitrogens is 4. The van der Waals surface area contributed by atoms with Gasteiger partial charge in [-0.05, 0) is 11.6 Å². The van der Waals surface area contributed by atoms with Gasteiger partial charge in [0.2, 0.25) is 5.65 Å². The van der Waals surface area contributed by atoms with Crippen LogP contribution in [0.25, 0.3) is 16.9 Å². The zero-order valence-corrected chi connectivity index (χ0v) is 16.8. The number of pyridine rings is 1. The third-order valence-electron chi connectivity index (χ3n) is 4.20. The second-order valence-electron chi connectivity index (χ2n) is 6.07. The smallest absolute Gasteiger partial charge is 0.333 e. The van der Waals surface area contributed by atoms with Crippen molar-refractivity contribution in [1.82, 2.24) is 19.6 Å². The van der Waals surface area contributed by atoms with Crippen molar-refractivity contribution in [2.75, 3.05) is 5.32 Å². The molecule has 0 spiro atoms. The van der Waals surface area contributed by atoms with Crippen LogP contribution in [0.15, 0.2) is 61.1 Å². The molecule has 3 aromatic heterocycles. The molecule has 31 heavy (non-hydrogen) atoms. The number of non-ortho nitro benzene ring substituents is 1. The first-order chi connectivity index (χ1) is 15.0. The van der Waals surface area contributed by atoms with Crippen molar-refractivity contribution >= 4 is 22.8 Å². The molecule has 0 atom stereocenters. The molecule has 158 valence electrons. The number of hydrogen-bond donors (Lipinski definition) is 1. The molecular weight excluding hydrogens is 402 g/mol. The molecule has 0 bridgehead atoms. The van der Waals surface area contributed by atoms with Gasteiger partial charge in [0, 0.05) is 42.7 Å². The van der Waals surface area contributed by atoms with Gasteiger partial charge in [0.15, 0.2) is 0 Å². The van der Waals surface area contributed by atoms with Crippen LogP contribution in [0.5, 0.6) is 0 Å². The highest BCUT2D eigenvalue weighted by Crippen LogP contribution is 2.28. The van der Waals surface area contributed by atoms with Crippen LogP contribution in [0.4, 0.5) is 17.2 Å².